The van der Waals surface area contributed by atoms with E-state index in [0.717, 1.165) is 6.29 Å². The molecule has 120 valence electrons. The van der Waals surface area contributed by atoms with Crippen LogP contribution >= 0.6 is 0 Å². The third kappa shape index (κ3) is 4.32. The van der Waals surface area contributed by atoms with E-state index in [1.165, 1.54) is 7.11 Å². The minimum Gasteiger partial charge on any atom is -0.490 e. The Morgan fingerprint density at radius 1 is 1.09 bits per heavy atom. The van der Waals surface area contributed by atoms with Crippen molar-refractivity contribution in [3.63, 3.8) is 0 Å². The first kappa shape index (κ1) is 16.5. The van der Waals surface area contributed by atoms with Crippen LogP contribution in [0.4, 0.5) is 0 Å². The van der Waals surface area contributed by atoms with Crippen molar-refractivity contribution in [2.75, 3.05) is 13.7 Å². The summed E-state index contributed by atoms with van der Waals surface area (Å²) < 4.78 is 16.1. The van der Waals surface area contributed by atoms with Crippen molar-refractivity contribution in [2.45, 2.75) is 13.3 Å². The number of carbonyl (C=O) groups excluding carboxylic acids is 2. The van der Waals surface area contributed by atoms with Gasteiger partial charge in [0.2, 0.25) is 0 Å². The number of ether oxygens (including phenoxy) is 3. The van der Waals surface area contributed by atoms with Gasteiger partial charge in [0.05, 0.1) is 20.1 Å². The smallest absolute Gasteiger partial charge is 0.310 e. The van der Waals surface area contributed by atoms with Crippen molar-refractivity contribution in [3.8, 4) is 17.2 Å². The van der Waals surface area contributed by atoms with Crippen LogP contribution in [0.1, 0.15) is 22.8 Å². The van der Waals surface area contributed by atoms with Gasteiger partial charge in [-0.2, -0.15) is 0 Å². The van der Waals surface area contributed by atoms with Crippen molar-refractivity contribution in [3.05, 3.63) is 53.6 Å². The lowest BCUT2D eigenvalue weighted by Gasteiger charge is -2.14. The lowest BCUT2D eigenvalue weighted by molar-refractivity contribution is -0.139. The van der Waals surface area contributed by atoms with Crippen molar-refractivity contribution in [1.29, 1.82) is 0 Å². The van der Waals surface area contributed by atoms with Gasteiger partial charge in [-0.25, -0.2) is 0 Å². The molecule has 0 heterocycles. The molecule has 0 atom stereocenters. The van der Waals surface area contributed by atoms with E-state index in [2.05, 4.69) is 0 Å². The summed E-state index contributed by atoms with van der Waals surface area (Å²) >= 11 is 0. The van der Waals surface area contributed by atoms with Crippen molar-refractivity contribution in [1.82, 2.24) is 0 Å². The van der Waals surface area contributed by atoms with Crippen LogP contribution < -0.4 is 9.47 Å². The average Bonchev–Trinajstić information content (AvgIpc) is 2.58. The van der Waals surface area contributed by atoms with Crippen LogP contribution in [0.15, 0.2) is 42.5 Å². The van der Waals surface area contributed by atoms with E-state index in [9.17, 15) is 9.59 Å². The summed E-state index contributed by atoms with van der Waals surface area (Å²) in [6.07, 6.45) is 0.862. The Hall–Kier alpha value is -2.82. The topological polar surface area (TPSA) is 61.8 Å². The zero-order valence-corrected chi connectivity index (χ0v) is 13.1. The Morgan fingerprint density at radius 2 is 1.87 bits per heavy atom. The third-order valence-corrected chi connectivity index (χ3v) is 3.16. The van der Waals surface area contributed by atoms with E-state index >= 15 is 0 Å². The predicted molar refractivity (Wildman–Crippen MR) is 85.2 cm³/mol. The monoisotopic (exact) mass is 314 g/mol. The van der Waals surface area contributed by atoms with Crippen molar-refractivity contribution in [2.24, 2.45) is 0 Å². The molecule has 0 bridgehead atoms. The first-order valence-electron chi connectivity index (χ1n) is 7.22. The highest BCUT2D eigenvalue weighted by atomic mass is 16.5. The van der Waals surface area contributed by atoms with E-state index in [-0.39, 0.29) is 12.4 Å². The van der Waals surface area contributed by atoms with Crippen LogP contribution in [-0.2, 0) is 16.0 Å². The SMILES string of the molecule is CCOc1cc(C=O)ccc1Oc1ccccc1CC(=O)OC. The first-order valence-corrected chi connectivity index (χ1v) is 7.22. The zero-order chi connectivity index (χ0) is 16.7. The van der Waals surface area contributed by atoms with E-state index < -0.39 is 0 Å². The number of hydrogen-bond donors (Lipinski definition) is 0. The number of benzene rings is 2. The van der Waals surface area contributed by atoms with Crippen LogP contribution in [0, 0.1) is 0 Å². The van der Waals surface area contributed by atoms with Crippen LogP contribution in [0.2, 0.25) is 0 Å². The number of para-hydroxylation sites is 1. The number of methoxy groups -OCH3 is 1. The molecule has 0 N–H and O–H groups in total. The van der Waals surface area contributed by atoms with Gasteiger partial charge >= 0.3 is 5.97 Å². The van der Waals surface area contributed by atoms with Gasteiger partial charge in [-0.3, -0.25) is 9.59 Å². The largest absolute Gasteiger partial charge is 0.490 e. The molecular weight excluding hydrogens is 296 g/mol. The summed E-state index contributed by atoms with van der Waals surface area (Å²) in [5.41, 5.74) is 1.21. The van der Waals surface area contributed by atoms with Gasteiger partial charge in [-0.15, -0.1) is 0 Å². The highest BCUT2D eigenvalue weighted by molar-refractivity contribution is 5.76. The molecule has 0 amide bonds. The van der Waals surface area contributed by atoms with Gasteiger partial charge in [-0.05, 0) is 31.2 Å². The maximum absolute atomic E-state index is 11.5. The highest BCUT2D eigenvalue weighted by Gasteiger charge is 2.12. The van der Waals surface area contributed by atoms with Crippen LogP contribution in [0.25, 0.3) is 0 Å². The number of esters is 1. The Kier molecular flexibility index (Phi) is 5.74. The second kappa shape index (κ2) is 7.98. The molecule has 0 fully saturated rings. The van der Waals surface area contributed by atoms with E-state index in [1.807, 2.05) is 19.1 Å². The maximum atomic E-state index is 11.5. The fourth-order valence-corrected chi connectivity index (χ4v) is 2.05. The van der Waals surface area contributed by atoms with E-state index in [1.54, 1.807) is 30.3 Å². The second-order valence-corrected chi connectivity index (χ2v) is 4.72. The van der Waals surface area contributed by atoms with Crippen molar-refractivity contribution >= 4 is 12.3 Å². The van der Waals surface area contributed by atoms with Gasteiger partial charge in [0.25, 0.3) is 0 Å². The molecule has 0 aromatic heterocycles. The van der Waals surface area contributed by atoms with Gasteiger partial charge < -0.3 is 14.2 Å². The van der Waals surface area contributed by atoms with Gasteiger partial charge in [-0.1, -0.05) is 18.2 Å². The van der Waals surface area contributed by atoms with Crippen LogP contribution in [0.3, 0.4) is 0 Å². The standard InChI is InChI=1S/C18H18O5/c1-3-22-17-10-13(12-19)8-9-16(17)23-15-7-5-4-6-14(15)11-18(20)21-2/h4-10,12H,3,11H2,1-2H3. The Labute approximate surface area is 134 Å². The molecule has 5 heteroatoms. The molecule has 0 radical (unpaired) electrons. The summed E-state index contributed by atoms with van der Waals surface area (Å²) in [5.74, 6) is 1.15. The molecule has 2 aromatic carbocycles. The molecule has 0 unspecified atom stereocenters. The fourth-order valence-electron chi connectivity index (χ4n) is 2.05. The minimum absolute atomic E-state index is 0.114. The van der Waals surface area contributed by atoms with Crippen LogP contribution in [0.5, 0.6) is 17.2 Å². The number of aldehydes is 1. The lowest BCUT2D eigenvalue weighted by Crippen LogP contribution is -2.06. The third-order valence-electron chi connectivity index (χ3n) is 3.16. The molecule has 2 rings (SSSR count). The van der Waals surface area contributed by atoms with Crippen LogP contribution in [-0.4, -0.2) is 26.0 Å². The zero-order valence-electron chi connectivity index (χ0n) is 13.1. The molecule has 5 nitrogen and oxygen atoms in total. The molecule has 0 spiro atoms. The first-order chi connectivity index (χ1) is 11.2. The second-order valence-electron chi connectivity index (χ2n) is 4.72. The number of hydrogen-bond acceptors (Lipinski definition) is 5. The van der Waals surface area contributed by atoms with E-state index in [4.69, 9.17) is 14.2 Å². The Morgan fingerprint density at radius 3 is 2.57 bits per heavy atom. The summed E-state index contributed by atoms with van der Waals surface area (Å²) in [5, 5.41) is 0. The summed E-state index contributed by atoms with van der Waals surface area (Å²) in [7, 11) is 1.34. The Balaban J connectivity index is 2.31. The normalized spacial score (nSPS) is 10.0. The quantitative estimate of drug-likeness (QED) is 0.579. The number of carbonyl (C=O) groups is 2. The fraction of sp³-hybridized carbons (Fsp3) is 0.222. The minimum atomic E-state index is -0.345. The number of rotatable bonds is 7. The molecule has 2 aromatic rings. The van der Waals surface area contributed by atoms with Gasteiger partial charge in [0.1, 0.15) is 12.0 Å². The average molecular weight is 314 g/mol. The van der Waals surface area contributed by atoms with Gasteiger partial charge in [0.15, 0.2) is 11.5 Å². The molecule has 23 heavy (non-hydrogen) atoms. The summed E-state index contributed by atoms with van der Waals surface area (Å²) in [6.45, 7) is 2.30. The molecule has 0 saturated heterocycles. The Bertz CT molecular complexity index is 694. The summed E-state index contributed by atoms with van der Waals surface area (Å²) in [4.78, 5) is 22.4. The summed E-state index contributed by atoms with van der Waals surface area (Å²) in [6, 6.07) is 12.1. The highest BCUT2D eigenvalue weighted by Crippen LogP contribution is 2.34. The molecule has 0 aliphatic heterocycles. The molecule has 0 aliphatic rings. The maximum Gasteiger partial charge on any atom is 0.310 e. The lowest BCUT2D eigenvalue weighted by atomic mass is 10.1. The molecular formula is C18H18O5. The molecule has 0 aliphatic carbocycles. The van der Waals surface area contributed by atoms with Crippen molar-refractivity contribution < 1.29 is 23.8 Å². The molecule has 0 saturated carbocycles. The van der Waals surface area contributed by atoms with E-state index in [0.29, 0.717) is 35.0 Å². The predicted octanol–water partition coefficient (Wildman–Crippen LogP) is 3.41. The van der Waals surface area contributed by atoms with Gasteiger partial charge in [0, 0.05) is 11.1 Å².